The normalized spacial score (nSPS) is 10.2. The molecule has 0 saturated carbocycles. The highest BCUT2D eigenvalue weighted by molar-refractivity contribution is 6.31. The van der Waals surface area contributed by atoms with E-state index in [1.807, 2.05) is 38.1 Å². The van der Waals surface area contributed by atoms with Crippen LogP contribution in [0.1, 0.15) is 5.56 Å². The molecule has 8 heteroatoms. The van der Waals surface area contributed by atoms with Crippen molar-refractivity contribution in [3.05, 3.63) is 41.0 Å². The average molecular weight is 349 g/mol. The smallest absolute Gasteiger partial charge is 0.319 e. The van der Waals surface area contributed by atoms with Crippen LogP contribution in [0.2, 0.25) is 5.02 Å². The molecule has 7 nitrogen and oxygen atoms in total. The molecule has 3 N–H and O–H groups in total. The van der Waals surface area contributed by atoms with Crippen molar-refractivity contribution in [2.24, 2.45) is 0 Å². The number of urea groups is 1. The van der Waals surface area contributed by atoms with E-state index in [-0.39, 0.29) is 6.03 Å². The highest BCUT2D eigenvalue weighted by Crippen LogP contribution is 2.19. The number of carbonyl (C=O) groups is 1. The van der Waals surface area contributed by atoms with Gasteiger partial charge in [0, 0.05) is 44.0 Å². The zero-order chi connectivity index (χ0) is 17.5. The number of carbonyl (C=O) groups excluding carboxylic acids is 1. The van der Waals surface area contributed by atoms with Crippen LogP contribution in [0.5, 0.6) is 0 Å². The Hall–Kier alpha value is -2.54. The molecule has 0 radical (unpaired) electrons. The van der Waals surface area contributed by atoms with E-state index < -0.39 is 0 Å². The summed E-state index contributed by atoms with van der Waals surface area (Å²) in [4.78, 5) is 13.8. The van der Waals surface area contributed by atoms with Gasteiger partial charge >= 0.3 is 6.03 Å². The van der Waals surface area contributed by atoms with Gasteiger partial charge in [0.25, 0.3) is 0 Å². The van der Waals surface area contributed by atoms with E-state index in [9.17, 15) is 4.79 Å². The summed E-state index contributed by atoms with van der Waals surface area (Å²) in [5.74, 6) is 0.661. The van der Waals surface area contributed by atoms with Crippen molar-refractivity contribution in [1.82, 2.24) is 15.5 Å². The van der Waals surface area contributed by atoms with Gasteiger partial charge < -0.3 is 20.9 Å². The van der Waals surface area contributed by atoms with Gasteiger partial charge in [0.05, 0.1) is 11.9 Å². The Labute approximate surface area is 146 Å². The third-order valence-electron chi connectivity index (χ3n) is 3.30. The first kappa shape index (κ1) is 17.8. The van der Waals surface area contributed by atoms with Gasteiger partial charge in [-0.25, -0.2) is 4.79 Å². The molecule has 1 aromatic carbocycles. The Morgan fingerprint density at radius 1 is 1.25 bits per heavy atom. The molecule has 0 spiro atoms. The molecule has 2 aromatic rings. The predicted octanol–water partition coefficient (Wildman–Crippen LogP) is 2.74. The van der Waals surface area contributed by atoms with Crippen LogP contribution in [0, 0.1) is 6.92 Å². The number of halogens is 1. The van der Waals surface area contributed by atoms with Gasteiger partial charge in [0.2, 0.25) is 0 Å². The molecule has 1 aromatic heterocycles. The maximum Gasteiger partial charge on any atom is 0.319 e. The van der Waals surface area contributed by atoms with Crippen LogP contribution < -0.4 is 20.9 Å². The van der Waals surface area contributed by atoms with E-state index in [4.69, 9.17) is 11.6 Å². The van der Waals surface area contributed by atoms with Crippen molar-refractivity contribution in [2.45, 2.75) is 6.92 Å². The fraction of sp³-hybridized carbons (Fsp3) is 0.312. The predicted molar refractivity (Wildman–Crippen MR) is 98.1 cm³/mol. The summed E-state index contributed by atoms with van der Waals surface area (Å²) in [6.07, 6.45) is 1.68. The van der Waals surface area contributed by atoms with E-state index in [1.165, 1.54) is 0 Å². The van der Waals surface area contributed by atoms with Gasteiger partial charge in [0.15, 0.2) is 5.82 Å². The molecule has 2 rings (SSSR count). The minimum absolute atomic E-state index is 0.287. The molecule has 1 heterocycles. The number of hydrogen-bond donors (Lipinski definition) is 3. The largest absolute Gasteiger partial charge is 0.376 e. The van der Waals surface area contributed by atoms with Gasteiger partial charge in [-0.3, -0.25) is 0 Å². The first-order valence-electron chi connectivity index (χ1n) is 7.50. The second kappa shape index (κ2) is 8.35. The number of nitrogens with one attached hydrogen (secondary N) is 3. The number of rotatable bonds is 6. The van der Waals surface area contributed by atoms with Crippen molar-refractivity contribution in [2.75, 3.05) is 42.7 Å². The maximum absolute atomic E-state index is 11.8. The zero-order valence-electron chi connectivity index (χ0n) is 13.9. The van der Waals surface area contributed by atoms with Crippen LogP contribution in [-0.2, 0) is 0 Å². The number of amides is 2. The molecule has 0 unspecified atom stereocenters. The van der Waals surface area contributed by atoms with E-state index in [0.717, 1.165) is 11.3 Å². The van der Waals surface area contributed by atoms with Crippen LogP contribution in [0.25, 0.3) is 0 Å². The monoisotopic (exact) mass is 348 g/mol. The Bertz CT molecular complexity index is 707. The van der Waals surface area contributed by atoms with Crippen molar-refractivity contribution in [1.29, 1.82) is 0 Å². The van der Waals surface area contributed by atoms with E-state index >= 15 is 0 Å². The lowest BCUT2D eigenvalue weighted by Crippen LogP contribution is -2.32. The summed E-state index contributed by atoms with van der Waals surface area (Å²) < 4.78 is 0. The molecule has 128 valence electrons. The highest BCUT2D eigenvalue weighted by atomic mass is 35.5. The molecular weight excluding hydrogens is 328 g/mol. The summed E-state index contributed by atoms with van der Waals surface area (Å²) in [6, 6.07) is 6.99. The molecule has 0 fully saturated rings. The van der Waals surface area contributed by atoms with Crippen LogP contribution >= 0.6 is 11.6 Å². The first-order valence-corrected chi connectivity index (χ1v) is 7.88. The van der Waals surface area contributed by atoms with Crippen molar-refractivity contribution >= 4 is 34.8 Å². The highest BCUT2D eigenvalue weighted by Gasteiger charge is 2.04. The number of anilines is 3. The molecule has 0 aliphatic heterocycles. The van der Waals surface area contributed by atoms with Gasteiger partial charge in [-0.15, -0.1) is 5.10 Å². The Kier molecular flexibility index (Phi) is 6.20. The summed E-state index contributed by atoms with van der Waals surface area (Å²) >= 11 is 6.03. The molecular formula is C16H21ClN6O. The lowest BCUT2D eigenvalue weighted by atomic mass is 10.2. The molecule has 0 aliphatic carbocycles. The molecule has 0 aliphatic rings. The number of hydrogen-bond acceptors (Lipinski definition) is 5. The van der Waals surface area contributed by atoms with E-state index in [2.05, 4.69) is 26.1 Å². The van der Waals surface area contributed by atoms with Gasteiger partial charge in [-0.2, -0.15) is 5.10 Å². The number of aromatic nitrogens is 2. The lowest BCUT2D eigenvalue weighted by Gasteiger charge is -2.13. The minimum atomic E-state index is -0.287. The fourth-order valence-corrected chi connectivity index (χ4v) is 2.08. The summed E-state index contributed by atoms with van der Waals surface area (Å²) in [5, 5.41) is 17.1. The number of benzene rings is 1. The quantitative estimate of drug-likeness (QED) is 0.699. The SMILES string of the molecule is Cc1ccc(NC(=O)NCCNc2cc(N(C)C)cnn2)cc1Cl. The second-order valence-electron chi connectivity index (χ2n) is 5.47. The first-order chi connectivity index (χ1) is 11.5. The molecule has 2 amide bonds. The van der Waals surface area contributed by atoms with Crippen LogP contribution in [0.4, 0.5) is 22.0 Å². The standard InChI is InChI=1S/C16H21ClN6O/c1-11-4-5-12(8-14(11)17)21-16(24)19-7-6-18-15-9-13(23(2)3)10-20-22-15/h4-5,8-10H,6-7H2,1-3H3,(H,18,22)(H2,19,21,24). The summed E-state index contributed by atoms with van der Waals surface area (Å²) in [7, 11) is 3.87. The minimum Gasteiger partial charge on any atom is -0.376 e. The number of nitrogens with zero attached hydrogens (tertiary/aromatic N) is 3. The molecule has 0 bridgehead atoms. The van der Waals surface area contributed by atoms with Crippen LogP contribution in [0.15, 0.2) is 30.5 Å². The maximum atomic E-state index is 11.8. The lowest BCUT2D eigenvalue weighted by molar-refractivity contribution is 0.252. The van der Waals surface area contributed by atoms with Crippen LogP contribution in [0.3, 0.4) is 0 Å². The number of aryl methyl sites for hydroxylation is 1. The fourth-order valence-electron chi connectivity index (χ4n) is 1.90. The Balaban J connectivity index is 1.74. The van der Waals surface area contributed by atoms with Crippen molar-refractivity contribution < 1.29 is 4.79 Å². The Morgan fingerprint density at radius 3 is 2.75 bits per heavy atom. The van der Waals surface area contributed by atoms with Crippen molar-refractivity contribution in [3.63, 3.8) is 0 Å². The summed E-state index contributed by atoms with van der Waals surface area (Å²) in [5.41, 5.74) is 2.57. The van der Waals surface area contributed by atoms with Crippen LogP contribution in [-0.4, -0.2) is 43.4 Å². The second-order valence-corrected chi connectivity index (χ2v) is 5.87. The van der Waals surface area contributed by atoms with E-state index in [1.54, 1.807) is 18.3 Å². The van der Waals surface area contributed by atoms with Gasteiger partial charge in [-0.1, -0.05) is 17.7 Å². The molecule has 0 atom stereocenters. The third kappa shape index (κ3) is 5.27. The third-order valence-corrected chi connectivity index (χ3v) is 3.71. The molecule has 0 saturated heterocycles. The Morgan fingerprint density at radius 2 is 2.04 bits per heavy atom. The van der Waals surface area contributed by atoms with Gasteiger partial charge in [-0.05, 0) is 24.6 Å². The topological polar surface area (TPSA) is 82.2 Å². The van der Waals surface area contributed by atoms with Crippen molar-refractivity contribution in [3.8, 4) is 0 Å². The van der Waals surface area contributed by atoms with E-state index in [0.29, 0.717) is 29.6 Å². The van der Waals surface area contributed by atoms with Gasteiger partial charge in [0.1, 0.15) is 0 Å². The molecule has 24 heavy (non-hydrogen) atoms. The average Bonchev–Trinajstić information content (AvgIpc) is 2.55. The summed E-state index contributed by atoms with van der Waals surface area (Å²) in [6.45, 7) is 2.89. The zero-order valence-corrected chi connectivity index (χ0v) is 14.7.